The topological polar surface area (TPSA) is 79.1 Å². The standard InChI is InChI=1S/C56H72N2O5/c1-27-31(5)51(11,12)57-43-36(27)29(3)38-40(34-25-24-33(48(61)62-23)26-35(34)47(59)60)39-30(4)37-28(2)32(6)52(13,14)58-44(37)42(50(9,10)54(17,18)56(58,21)22)46(39)63-45(38)41(43)49(7,8)53(15,16)55(57,19)20/h24-26H,1-23H3/p+1. The Kier molecular flexibility index (Phi) is 8.97. The van der Waals surface area contributed by atoms with Crippen LogP contribution in [0, 0.1) is 24.7 Å². The molecule has 0 spiro atoms. The number of carboxylic acid groups (broad SMARTS) is 1. The molecule has 0 unspecified atom stereocenters. The van der Waals surface area contributed by atoms with Gasteiger partial charge in [0.15, 0.2) is 11.1 Å². The summed E-state index contributed by atoms with van der Waals surface area (Å²) in [7, 11) is 1.33. The predicted molar refractivity (Wildman–Crippen MR) is 258 cm³/mol. The minimum Gasteiger partial charge on any atom is -0.478 e. The highest BCUT2D eigenvalue weighted by Crippen LogP contribution is 2.68. The molecule has 336 valence electrons. The number of hydrogen-bond acceptors (Lipinski definition) is 5. The second-order valence-electron chi connectivity index (χ2n) is 23.8. The van der Waals surface area contributed by atoms with Gasteiger partial charge in [0.1, 0.15) is 11.5 Å². The summed E-state index contributed by atoms with van der Waals surface area (Å²) < 4.78 is 15.9. The average Bonchev–Trinajstić information content (AvgIpc) is 3.16. The summed E-state index contributed by atoms with van der Waals surface area (Å²) >= 11 is 0. The molecule has 5 aliphatic heterocycles. The number of benzene rings is 3. The lowest BCUT2D eigenvalue weighted by Crippen LogP contribution is -2.73. The van der Waals surface area contributed by atoms with Crippen LogP contribution in [-0.2, 0) is 15.6 Å². The van der Waals surface area contributed by atoms with Gasteiger partial charge in [-0.3, -0.25) is 0 Å². The molecule has 0 aromatic heterocycles. The van der Waals surface area contributed by atoms with Gasteiger partial charge in [-0.1, -0.05) is 61.5 Å². The number of carboxylic acids is 1. The van der Waals surface area contributed by atoms with E-state index in [0.29, 0.717) is 5.56 Å². The van der Waals surface area contributed by atoms with Gasteiger partial charge in [0.25, 0.3) is 0 Å². The van der Waals surface area contributed by atoms with E-state index >= 15 is 0 Å². The Labute approximate surface area is 377 Å². The van der Waals surface area contributed by atoms with Crippen LogP contribution in [0.15, 0.2) is 29.3 Å². The smallest absolute Gasteiger partial charge is 0.337 e. The molecule has 63 heavy (non-hydrogen) atoms. The summed E-state index contributed by atoms with van der Waals surface area (Å²) in [6.45, 7) is 51.7. The van der Waals surface area contributed by atoms with Crippen LogP contribution < -0.4 is 24.8 Å². The number of hydrogen-bond donors (Lipinski definition) is 1. The zero-order chi connectivity index (χ0) is 47.4. The Hall–Kier alpha value is -4.65. The third kappa shape index (κ3) is 4.85. The molecule has 3 aromatic carbocycles. The van der Waals surface area contributed by atoms with Crippen molar-refractivity contribution in [2.24, 2.45) is 10.8 Å². The van der Waals surface area contributed by atoms with Gasteiger partial charge in [0, 0.05) is 82.5 Å². The van der Waals surface area contributed by atoms with E-state index in [1.54, 1.807) is 6.07 Å². The summed E-state index contributed by atoms with van der Waals surface area (Å²) in [4.78, 5) is 29.5. The molecular weight excluding hydrogens is 781 g/mol. The van der Waals surface area contributed by atoms with Gasteiger partial charge in [-0.05, 0) is 120 Å². The van der Waals surface area contributed by atoms with Crippen molar-refractivity contribution < 1.29 is 24.2 Å². The maximum absolute atomic E-state index is 13.8. The molecule has 0 fully saturated rings. The number of nitrogens with zero attached hydrogens (tertiary/aromatic N) is 2. The monoisotopic (exact) mass is 854 g/mol. The quantitative estimate of drug-likeness (QED) is 0.163. The van der Waals surface area contributed by atoms with E-state index in [4.69, 9.17) is 9.47 Å². The van der Waals surface area contributed by atoms with Crippen molar-refractivity contribution in [3.05, 3.63) is 95.6 Å². The fraction of sp³-hybridized carbons (Fsp3) is 0.554. The second-order valence-corrected chi connectivity index (χ2v) is 23.8. The van der Waals surface area contributed by atoms with Crippen molar-refractivity contribution in [3.63, 3.8) is 0 Å². The van der Waals surface area contributed by atoms with Crippen molar-refractivity contribution in [2.75, 3.05) is 12.0 Å². The van der Waals surface area contributed by atoms with Crippen molar-refractivity contribution >= 4 is 34.3 Å². The molecule has 0 saturated carbocycles. The van der Waals surface area contributed by atoms with Gasteiger partial charge < -0.3 is 19.5 Å². The third-order valence-electron chi connectivity index (χ3n) is 19.8. The molecule has 8 rings (SSSR count). The van der Waals surface area contributed by atoms with E-state index in [-0.39, 0.29) is 44.1 Å². The van der Waals surface area contributed by atoms with E-state index in [1.165, 1.54) is 57.6 Å². The number of fused-ring (bicyclic) bond motifs is 4. The van der Waals surface area contributed by atoms with Gasteiger partial charge in [-0.25, -0.2) is 14.2 Å². The van der Waals surface area contributed by atoms with Crippen LogP contribution in [0.25, 0.3) is 16.7 Å². The molecule has 0 saturated heterocycles. The molecule has 0 amide bonds. The first-order valence-corrected chi connectivity index (χ1v) is 23.0. The van der Waals surface area contributed by atoms with Crippen LogP contribution in [-0.4, -0.2) is 46.3 Å². The highest BCUT2D eigenvalue weighted by Gasteiger charge is 2.66. The number of carbonyl (C=O) groups is 2. The van der Waals surface area contributed by atoms with Crippen molar-refractivity contribution in [2.45, 2.75) is 185 Å². The Morgan fingerprint density at radius 1 is 0.683 bits per heavy atom. The largest absolute Gasteiger partial charge is 0.478 e. The number of allylic oxidation sites excluding steroid dienone is 2. The lowest BCUT2D eigenvalue weighted by atomic mass is 9.50. The first-order valence-electron chi connectivity index (χ1n) is 23.0. The first kappa shape index (κ1) is 44.9. The zero-order valence-corrected chi connectivity index (χ0v) is 42.7. The normalized spacial score (nSPS) is 23.0. The maximum Gasteiger partial charge on any atom is 0.337 e. The summed E-state index contributed by atoms with van der Waals surface area (Å²) in [5, 5.41) is 13.4. The highest BCUT2D eigenvalue weighted by atomic mass is 16.5. The molecule has 7 heteroatoms. The number of methoxy groups -OCH3 is 1. The molecule has 3 aromatic rings. The van der Waals surface area contributed by atoms with Gasteiger partial charge >= 0.3 is 11.9 Å². The summed E-state index contributed by atoms with van der Waals surface area (Å²) in [6.07, 6.45) is 0. The summed E-state index contributed by atoms with van der Waals surface area (Å²) in [5.74, 6) is -0.106. The number of esters is 1. The van der Waals surface area contributed by atoms with E-state index in [0.717, 1.165) is 50.1 Å². The minimum atomic E-state index is -1.11. The van der Waals surface area contributed by atoms with Gasteiger partial charge in [-0.2, -0.15) is 0 Å². The number of rotatable bonds is 3. The lowest BCUT2D eigenvalue weighted by molar-refractivity contribution is 0.00758. The van der Waals surface area contributed by atoms with Crippen LogP contribution >= 0.6 is 0 Å². The predicted octanol–water partition coefficient (Wildman–Crippen LogP) is 11.8. The van der Waals surface area contributed by atoms with Crippen molar-refractivity contribution in [3.8, 4) is 11.5 Å². The highest BCUT2D eigenvalue weighted by molar-refractivity contribution is 6.04. The van der Waals surface area contributed by atoms with Crippen molar-refractivity contribution in [1.29, 1.82) is 0 Å². The van der Waals surface area contributed by atoms with Crippen molar-refractivity contribution in [1.82, 2.24) is 4.58 Å². The van der Waals surface area contributed by atoms with E-state index in [9.17, 15) is 14.7 Å². The van der Waals surface area contributed by atoms with E-state index in [2.05, 4.69) is 162 Å². The van der Waals surface area contributed by atoms with Crippen LogP contribution in [0.5, 0.6) is 11.5 Å². The molecular formula is C56H73N2O5+. The van der Waals surface area contributed by atoms with Crippen LogP contribution in [0.4, 0.5) is 5.69 Å². The average molecular weight is 854 g/mol. The Morgan fingerprint density at radius 2 is 1.24 bits per heavy atom. The molecule has 0 atom stereocenters. The van der Waals surface area contributed by atoms with E-state index in [1.807, 2.05) is 6.07 Å². The van der Waals surface area contributed by atoms with Crippen LogP contribution in [0.3, 0.4) is 0 Å². The second kappa shape index (κ2) is 12.6. The molecule has 5 heterocycles. The molecule has 7 nitrogen and oxygen atoms in total. The number of ether oxygens (including phenoxy) is 2. The van der Waals surface area contributed by atoms with E-state index < -0.39 is 22.8 Å². The lowest BCUT2D eigenvalue weighted by Gasteiger charge is -2.68. The fourth-order valence-electron chi connectivity index (χ4n) is 13.5. The third-order valence-corrected chi connectivity index (χ3v) is 19.8. The summed E-state index contributed by atoms with van der Waals surface area (Å²) in [6, 6.07) is 5.04. The molecule has 0 bridgehead atoms. The van der Waals surface area contributed by atoms with Gasteiger partial charge in [-0.15, -0.1) is 0 Å². The maximum atomic E-state index is 13.8. The molecule has 0 radical (unpaired) electrons. The minimum absolute atomic E-state index is 0.0436. The summed E-state index contributed by atoms with van der Waals surface area (Å²) in [5.41, 5.74) is 12.9. The van der Waals surface area contributed by atoms with Crippen LogP contribution in [0.1, 0.15) is 204 Å². The number of carbonyl (C=O) groups excluding carboxylic acids is 1. The Balaban J connectivity index is 1.77. The molecule has 1 N–H and O–H groups in total. The molecule has 5 aliphatic rings. The fourth-order valence-corrected chi connectivity index (χ4v) is 13.5. The van der Waals surface area contributed by atoms with Crippen LogP contribution in [0.2, 0.25) is 0 Å². The van der Waals surface area contributed by atoms with Gasteiger partial charge in [0.05, 0.1) is 40.6 Å². The Morgan fingerprint density at radius 3 is 1.79 bits per heavy atom. The Bertz CT molecular complexity index is 2900. The zero-order valence-electron chi connectivity index (χ0n) is 42.7. The first-order chi connectivity index (χ1) is 28.6. The van der Waals surface area contributed by atoms with Gasteiger partial charge in [0.2, 0.25) is 5.36 Å². The molecule has 0 aliphatic carbocycles. The number of anilines is 1. The SMILES string of the molecule is COC(=O)c1ccc(C2=c3c(C)c4c5c(c3Oc3c2c(C)c2c6c3C(C)(C)C(C)(C)C(C)(C)N6C(C)(C)C(C)=C2C)C(C)(C)C(C)(C)C(C)(C)[N+]=5C(C)(C)C(C)=C4C)c(C(=O)O)c1. The number of aromatic carboxylic acids is 1.